The first-order valence-electron chi connectivity index (χ1n) is 3.84. The normalized spacial score (nSPS) is 23.1. The Morgan fingerprint density at radius 3 is 1.90 bits per heavy atom. The van der Waals surface area contributed by atoms with Crippen molar-refractivity contribution >= 4 is 18.4 Å². The second kappa shape index (κ2) is 3.41. The van der Waals surface area contributed by atoms with Gasteiger partial charge < -0.3 is 0 Å². The van der Waals surface area contributed by atoms with Crippen molar-refractivity contribution in [3.63, 3.8) is 0 Å². The Bertz CT molecular complexity index is 103. The molecule has 60 valence electrons. The topological polar surface area (TPSA) is 18.5 Å². The molecule has 0 unspecified atom stereocenters. The van der Waals surface area contributed by atoms with Crippen LogP contribution in [0.15, 0.2) is 0 Å². The quantitative estimate of drug-likeness (QED) is 0.659. The Labute approximate surface area is 66.8 Å². The van der Waals surface area contributed by atoms with Crippen molar-refractivity contribution in [2.75, 3.05) is 13.2 Å². The van der Waals surface area contributed by atoms with Gasteiger partial charge in [0.25, 0.3) is 0 Å². The molecule has 0 amide bonds. The zero-order valence-corrected chi connectivity index (χ0v) is 9.87. The van der Waals surface area contributed by atoms with E-state index in [4.69, 9.17) is 9.47 Å². The van der Waals surface area contributed by atoms with Crippen LogP contribution in [0.3, 0.4) is 0 Å². The molecule has 1 aliphatic rings. The summed E-state index contributed by atoms with van der Waals surface area (Å²) in [6.07, 6.45) is 1.07. The van der Waals surface area contributed by atoms with Gasteiger partial charge in [-0.25, -0.2) is 0 Å². The fourth-order valence-corrected chi connectivity index (χ4v) is 4.51. The summed E-state index contributed by atoms with van der Waals surface area (Å²) in [4.78, 5) is 7.01. The van der Waals surface area contributed by atoms with E-state index in [1.165, 1.54) is 0 Å². The SMILES string of the molecule is [CH3][Sn]([CH3])([CH3])[CH]1OCCCO1. The standard InChI is InChI=1S/C4H7O2.3CH3.Sn/c1-2-5-4-6-3-1;;;;/h4H,1-3H2;3*1H3;. The Balaban J connectivity index is 2.39. The van der Waals surface area contributed by atoms with Crippen LogP contribution in [0, 0.1) is 0 Å². The summed E-state index contributed by atoms with van der Waals surface area (Å²) in [7, 11) is 0. The van der Waals surface area contributed by atoms with E-state index in [9.17, 15) is 0 Å². The van der Waals surface area contributed by atoms with Gasteiger partial charge in [0, 0.05) is 0 Å². The number of hydrogen-bond acceptors (Lipinski definition) is 2. The van der Waals surface area contributed by atoms with Gasteiger partial charge in [0.2, 0.25) is 0 Å². The molecule has 0 spiro atoms. The van der Waals surface area contributed by atoms with Crippen molar-refractivity contribution in [3.8, 4) is 0 Å². The van der Waals surface area contributed by atoms with Crippen LogP contribution in [-0.4, -0.2) is 35.9 Å². The van der Waals surface area contributed by atoms with Crippen LogP contribution in [0.1, 0.15) is 6.42 Å². The van der Waals surface area contributed by atoms with Crippen LogP contribution in [0.4, 0.5) is 0 Å². The van der Waals surface area contributed by atoms with Crippen LogP contribution in [-0.2, 0) is 9.47 Å². The Hall–Kier alpha value is 0.719. The molecule has 0 atom stereocenters. The van der Waals surface area contributed by atoms with Crippen LogP contribution in [0.5, 0.6) is 0 Å². The molecule has 1 saturated heterocycles. The van der Waals surface area contributed by atoms with Crippen LogP contribution in [0.2, 0.25) is 14.8 Å². The van der Waals surface area contributed by atoms with Crippen molar-refractivity contribution < 1.29 is 9.47 Å². The van der Waals surface area contributed by atoms with Crippen LogP contribution >= 0.6 is 0 Å². The molecule has 3 heteroatoms. The molecule has 1 fully saturated rings. The Morgan fingerprint density at radius 2 is 1.60 bits per heavy atom. The number of ether oxygens (including phenoxy) is 2. The second-order valence-corrected chi connectivity index (χ2v) is 18.6. The number of hydrogen-bond donors (Lipinski definition) is 0. The molecule has 1 heterocycles. The Kier molecular flexibility index (Phi) is 3.01. The van der Waals surface area contributed by atoms with Crippen molar-refractivity contribution in [2.45, 2.75) is 25.5 Å². The average Bonchev–Trinajstić information content (AvgIpc) is 1.88. The van der Waals surface area contributed by atoms with E-state index in [0.29, 0.717) is 0 Å². The molecule has 0 saturated carbocycles. The predicted molar refractivity (Wildman–Crippen MR) is 43.7 cm³/mol. The van der Waals surface area contributed by atoms with Gasteiger partial charge in [-0.3, -0.25) is 0 Å². The van der Waals surface area contributed by atoms with E-state index >= 15 is 0 Å². The predicted octanol–water partition coefficient (Wildman–Crippen LogP) is 1.63. The molecule has 1 aliphatic heterocycles. The monoisotopic (exact) mass is 252 g/mol. The fourth-order valence-electron chi connectivity index (χ4n) is 0.988. The van der Waals surface area contributed by atoms with E-state index in [-0.39, 0.29) is 4.31 Å². The Morgan fingerprint density at radius 1 is 1.10 bits per heavy atom. The van der Waals surface area contributed by atoms with Gasteiger partial charge in [-0.05, 0) is 0 Å². The first-order chi connectivity index (χ1) is 4.61. The summed E-state index contributed by atoms with van der Waals surface area (Å²) < 4.78 is 11.2. The minimum absolute atomic E-state index is 0.211. The van der Waals surface area contributed by atoms with Gasteiger partial charge in [0.1, 0.15) is 0 Å². The molecule has 0 aromatic rings. The second-order valence-electron chi connectivity index (χ2n) is 3.79. The minimum atomic E-state index is -1.88. The molecule has 10 heavy (non-hydrogen) atoms. The van der Waals surface area contributed by atoms with E-state index in [0.717, 1.165) is 19.6 Å². The van der Waals surface area contributed by atoms with Gasteiger partial charge in [-0.1, -0.05) is 0 Å². The summed E-state index contributed by atoms with van der Waals surface area (Å²) in [5.41, 5.74) is 0. The van der Waals surface area contributed by atoms with E-state index in [2.05, 4.69) is 14.8 Å². The van der Waals surface area contributed by atoms with Crippen molar-refractivity contribution in [2.24, 2.45) is 0 Å². The zero-order valence-electron chi connectivity index (χ0n) is 7.02. The van der Waals surface area contributed by atoms with Crippen LogP contribution in [0.25, 0.3) is 0 Å². The third-order valence-electron chi connectivity index (χ3n) is 1.53. The molecule has 2 nitrogen and oxygen atoms in total. The third-order valence-corrected chi connectivity index (χ3v) is 6.52. The van der Waals surface area contributed by atoms with E-state index in [1.54, 1.807) is 0 Å². The molecule has 0 aromatic carbocycles. The van der Waals surface area contributed by atoms with Gasteiger partial charge in [0.05, 0.1) is 0 Å². The molecule has 0 bridgehead atoms. The molecule has 0 N–H and O–H groups in total. The van der Waals surface area contributed by atoms with E-state index in [1.807, 2.05) is 0 Å². The van der Waals surface area contributed by atoms with Gasteiger partial charge in [-0.2, -0.15) is 0 Å². The summed E-state index contributed by atoms with van der Waals surface area (Å²) >= 11 is -1.88. The van der Waals surface area contributed by atoms with Crippen molar-refractivity contribution in [1.29, 1.82) is 0 Å². The summed E-state index contributed by atoms with van der Waals surface area (Å²) in [5, 5.41) is 0. The van der Waals surface area contributed by atoms with Gasteiger partial charge in [-0.15, -0.1) is 0 Å². The third kappa shape index (κ3) is 2.40. The fraction of sp³-hybridized carbons (Fsp3) is 1.00. The molecule has 0 aromatic heterocycles. The van der Waals surface area contributed by atoms with Crippen molar-refractivity contribution in [3.05, 3.63) is 0 Å². The maximum atomic E-state index is 5.51. The summed E-state index contributed by atoms with van der Waals surface area (Å²) in [6.45, 7) is 1.80. The first kappa shape index (κ1) is 8.81. The van der Waals surface area contributed by atoms with Gasteiger partial charge in [0.15, 0.2) is 0 Å². The molecule has 0 radical (unpaired) electrons. The van der Waals surface area contributed by atoms with Crippen molar-refractivity contribution in [1.82, 2.24) is 0 Å². The molecular formula is C7H16O2Sn. The molecule has 1 rings (SSSR count). The molecule has 0 aliphatic carbocycles. The van der Waals surface area contributed by atoms with Gasteiger partial charge >= 0.3 is 66.6 Å². The first-order valence-corrected chi connectivity index (χ1v) is 14.0. The summed E-state index contributed by atoms with van der Waals surface area (Å²) in [6, 6.07) is 0. The maximum absolute atomic E-state index is 5.51. The van der Waals surface area contributed by atoms with E-state index < -0.39 is 18.4 Å². The summed E-state index contributed by atoms with van der Waals surface area (Å²) in [5.74, 6) is 0. The molecular weight excluding hydrogens is 235 g/mol. The van der Waals surface area contributed by atoms with Crippen LogP contribution < -0.4 is 0 Å². The number of rotatable bonds is 1. The zero-order chi connectivity index (χ0) is 7.61. The average molecular weight is 251 g/mol.